The smallest absolute Gasteiger partial charge is 0.387 e. The molecule has 0 spiro atoms. The molecule has 90 valence electrons. The first-order valence-corrected chi connectivity index (χ1v) is 5.87. The molecule has 0 aliphatic rings. The van der Waals surface area contributed by atoms with Crippen LogP contribution in [0.3, 0.4) is 0 Å². The lowest BCUT2D eigenvalue weighted by Gasteiger charge is -2.14. The number of rotatable bonds is 5. The Labute approximate surface area is 106 Å². The van der Waals surface area contributed by atoms with Gasteiger partial charge in [0, 0.05) is 5.88 Å². The summed E-state index contributed by atoms with van der Waals surface area (Å²) in [6, 6.07) is 3.20. The fourth-order valence-corrected chi connectivity index (χ4v) is 1.90. The van der Waals surface area contributed by atoms with Crippen LogP contribution in [-0.4, -0.2) is 13.2 Å². The standard InChI is InChI=1S/C10H10BrClF2O2/c1-2-15-8-4-6(5-12)3-7(11)9(8)16-10(13)14/h3-4,10H,2,5H2,1H3. The zero-order valence-corrected chi connectivity index (χ0v) is 10.8. The molecule has 0 aliphatic carbocycles. The molecular weight excluding hydrogens is 305 g/mol. The monoisotopic (exact) mass is 314 g/mol. The van der Waals surface area contributed by atoms with E-state index in [9.17, 15) is 8.78 Å². The summed E-state index contributed by atoms with van der Waals surface area (Å²) in [4.78, 5) is 0. The van der Waals surface area contributed by atoms with Crippen molar-refractivity contribution in [2.75, 3.05) is 6.61 Å². The molecule has 6 heteroatoms. The van der Waals surface area contributed by atoms with Crippen LogP contribution in [0.15, 0.2) is 16.6 Å². The van der Waals surface area contributed by atoms with Gasteiger partial charge in [0.15, 0.2) is 11.5 Å². The first kappa shape index (κ1) is 13.5. The number of hydrogen-bond donors (Lipinski definition) is 0. The van der Waals surface area contributed by atoms with Crippen molar-refractivity contribution in [2.45, 2.75) is 19.4 Å². The van der Waals surface area contributed by atoms with Gasteiger partial charge in [0.1, 0.15) is 0 Å². The van der Waals surface area contributed by atoms with Gasteiger partial charge in [-0.25, -0.2) is 0 Å². The highest BCUT2D eigenvalue weighted by atomic mass is 79.9. The van der Waals surface area contributed by atoms with E-state index < -0.39 is 6.61 Å². The van der Waals surface area contributed by atoms with Crippen LogP contribution in [0, 0.1) is 0 Å². The Kier molecular flexibility index (Phi) is 5.28. The summed E-state index contributed by atoms with van der Waals surface area (Å²) >= 11 is 8.80. The van der Waals surface area contributed by atoms with Gasteiger partial charge in [-0.2, -0.15) is 8.78 Å². The molecule has 1 aromatic rings. The molecule has 0 saturated carbocycles. The zero-order chi connectivity index (χ0) is 12.1. The zero-order valence-electron chi connectivity index (χ0n) is 8.47. The van der Waals surface area contributed by atoms with E-state index in [0.717, 1.165) is 5.56 Å². The predicted octanol–water partition coefficient (Wildman–Crippen LogP) is 4.19. The molecule has 0 saturated heterocycles. The lowest BCUT2D eigenvalue weighted by Crippen LogP contribution is -2.05. The highest BCUT2D eigenvalue weighted by Crippen LogP contribution is 2.38. The number of benzene rings is 1. The Morgan fingerprint density at radius 2 is 2.12 bits per heavy atom. The third-order valence-corrected chi connectivity index (χ3v) is 2.63. The molecule has 1 rings (SSSR count). The van der Waals surface area contributed by atoms with Crippen LogP contribution in [-0.2, 0) is 5.88 Å². The van der Waals surface area contributed by atoms with Gasteiger partial charge >= 0.3 is 6.61 Å². The van der Waals surface area contributed by atoms with Gasteiger partial charge in [0.2, 0.25) is 0 Å². The van der Waals surface area contributed by atoms with Crippen molar-refractivity contribution in [2.24, 2.45) is 0 Å². The summed E-state index contributed by atoms with van der Waals surface area (Å²) in [5, 5.41) is 0. The quantitative estimate of drug-likeness (QED) is 0.759. The fourth-order valence-electron chi connectivity index (χ4n) is 1.16. The normalized spacial score (nSPS) is 10.6. The summed E-state index contributed by atoms with van der Waals surface area (Å²) in [6.07, 6.45) is 0. The fraction of sp³-hybridized carbons (Fsp3) is 0.400. The lowest BCUT2D eigenvalue weighted by atomic mass is 10.2. The van der Waals surface area contributed by atoms with E-state index in [1.807, 2.05) is 0 Å². The molecule has 0 heterocycles. The van der Waals surface area contributed by atoms with E-state index in [2.05, 4.69) is 20.7 Å². The molecule has 0 fully saturated rings. The van der Waals surface area contributed by atoms with Gasteiger partial charge in [-0.05, 0) is 40.5 Å². The highest BCUT2D eigenvalue weighted by molar-refractivity contribution is 9.10. The average molecular weight is 316 g/mol. The third kappa shape index (κ3) is 3.49. The summed E-state index contributed by atoms with van der Waals surface area (Å²) in [5.74, 6) is 0.520. The maximum atomic E-state index is 12.2. The molecule has 0 aliphatic heterocycles. The molecule has 1 aromatic carbocycles. The maximum Gasteiger partial charge on any atom is 0.387 e. The van der Waals surface area contributed by atoms with Crippen molar-refractivity contribution in [1.82, 2.24) is 0 Å². The minimum atomic E-state index is -2.89. The van der Waals surface area contributed by atoms with Gasteiger partial charge < -0.3 is 9.47 Å². The van der Waals surface area contributed by atoms with Gasteiger partial charge in [0.25, 0.3) is 0 Å². The van der Waals surface area contributed by atoms with Crippen molar-refractivity contribution in [3.63, 3.8) is 0 Å². The summed E-state index contributed by atoms with van der Waals surface area (Å²) in [6.45, 7) is -0.775. The Morgan fingerprint density at radius 1 is 1.44 bits per heavy atom. The maximum absolute atomic E-state index is 12.2. The third-order valence-electron chi connectivity index (χ3n) is 1.73. The Balaban J connectivity index is 3.11. The number of ether oxygens (including phenoxy) is 2. The van der Waals surface area contributed by atoms with Crippen LogP contribution in [0.5, 0.6) is 11.5 Å². The van der Waals surface area contributed by atoms with E-state index >= 15 is 0 Å². The Morgan fingerprint density at radius 3 is 2.62 bits per heavy atom. The molecule has 0 unspecified atom stereocenters. The summed E-state index contributed by atoms with van der Waals surface area (Å²) < 4.78 is 34.3. The van der Waals surface area contributed by atoms with Crippen LogP contribution in [0.2, 0.25) is 0 Å². The molecule has 0 amide bonds. The molecule has 0 bridgehead atoms. The first-order valence-electron chi connectivity index (χ1n) is 4.54. The van der Waals surface area contributed by atoms with Crippen LogP contribution in [0.1, 0.15) is 12.5 Å². The van der Waals surface area contributed by atoms with Crippen molar-refractivity contribution in [3.8, 4) is 11.5 Å². The second kappa shape index (κ2) is 6.25. The number of hydrogen-bond acceptors (Lipinski definition) is 2. The van der Waals surface area contributed by atoms with E-state index in [-0.39, 0.29) is 17.4 Å². The van der Waals surface area contributed by atoms with E-state index in [1.54, 1.807) is 19.1 Å². The highest BCUT2D eigenvalue weighted by Gasteiger charge is 2.15. The van der Waals surface area contributed by atoms with Crippen molar-refractivity contribution in [3.05, 3.63) is 22.2 Å². The second-order valence-electron chi connectivity index (χ2n) is 2.85. The molecule has 0 aromatic heterocycles. The average Bonchev–Trinajstić information content (AvgIpc) is 2.22. The second-order valence-corrected chi connectivity index (χ2v) is 3.97. The Hall–Kier alpha value is -0.550. The van der Waals surface area contributed by atoms with E-state index in [4.69, 9.17) is 16.3 Å². The van der Waals surface area contributed by atoms with Crippen molar-refractivity contribution in [1.29, 1.82) is 0 Å². The Bertz CT molecular complexity index is 361. The number of halogens is 4. The summed E-state index contributed by atoms with van der Waals surface area (Å²) in [5.41, 5.74) is 0.763. The first-order chi connectivity index (χ1) is 7.58. The molecule has 0 atom stereocenters. The predicted molar refractivity (Wildman–Crippen MR) is 61.5 cm³/mol. The van der Waals surface area contributed by atoms with E-state index in [1.165, 1.54) is 0 Å². The van der Waals surface area contributed by atoms with Gasteiger partial charge in [-0.15, -0.1) is 11.6 Å². The van der Waals surface area contributed by atoms with Crippen LogP contribution in [0.4, 0.5) is 8.78 Å². The lowest BCUT2D eigenvalue weighted by molar-refractivity contribution is -0.0519. The molecule has 16 heavy (non-hydrogen) atoms. The molecule has 0 radical (unpaired) electrons. The molecular formula is C10H10BrClF2O2. The van der Waals surface area contributed by atoms with E-state index in [0.29, 0.717) is 11.1 Å². The SMILES string of the molecule is CCOc1cc(CCl)cc(Br)c1OC(F)F. The minimum Gasteiger partial charge on any atom is -0.490 e. The van der Waals surface area contributed by atoms with Crippen molar-refractivity contribution >= 4 is 27.5 Å². The summed E-state index contributed by atoms with van der Waals surface area (Å²) in [7, 11) is 0. The van der Waals surface area contributed by atoms with Crippen LogP contribution in [0.25, 0.3) is 0 Å². The number of alkyl halides is 3. The molecule has 2 nitrogen and oxygen atoms in total. The minimum absolute atomic E-state index is 0.00860. The largest absolute Gasteiger partial charge is 0.490 e. The van der Waals surface area contributed by atoms with Crippen LogP contribution < -0.4 is 9.47 Å². The van der Waals surface area contributed by atoms with Crippen molar-refractivity contribution < 1.29 is 18.3 Å². The topological polar surface area (TPSA) is 18.5 Å². The van der Waals surface area contributed by atoms with Crippen LogP contribution >= 0.6 is 27.5 Å². The van der Waals surface area contributed by atoms with Gasteiger partial charge in [-0.3, -0.25) is 0 Å². The van der Waals surface area contributed by atoms with Gasteiger partial charge in [-0.1, -0.05) is 0 Å². The van der Waals surface area contributed by atoms with Gasteiger partial charge in [0.05, 0.1) is 11.1 Å². The molecule has 0 N–H and O–H groups in total.